The molecule has 1 unspecified atom stereocenters. The number of hydrogen-bond donors (Lipinski definition) is 1. The number of nitrogens with one attached hydrogen (secondary N) is 1. The molecule has 1 aliphatic rings. The van der Waals surface area contributed by atoms with Gasteiger partial charge in [-0.1, -0.05) is 48.0 Å². The number of nitrogens with zero attached hydrogens (tertiary/aromatic N) is 3. The van der Waals surface area contributed by atoms with Crippen molar-refractivity contribution in [1.29, 1.82) is 0 Å². The average Bonchev–Trinajstić information content (AvgIpc) is 2.78. The first-order valence-electron chi connectivity index (χ1n) is 9.82. The lowest BCUT2D eigenvalue weighted by Crippen LogP contribution is -2.41. The van der Waals surface area contributed by atoms with Gasteiger partial charge in [0.2, 0.25) is 5.91 Å². The van der Waals surface area contributed by atoms with Crippen molar-refractivity contribution in [3.63, 3.8) is 0 Å². The van der Waals surface area contributed by atoms with Crippen LogP contribution in [0.15, 0.2) is 60.7 Å². The Kier molecular flexibility index (Phi) is 5.76. The highest BCUT2D eigenvalue weighted by molar-refractivity contribution is 6.31. The fraction of sp³-hybridized carbons (Fsp3) is 0.261. The van der Waals surface area contributed by atoms with Gasteiger partial charge in [-0.25, -0.2) is 0 Å². The first-order chi connectivity index (χ1) is 14.1. The third-order valence-corrected chi connectivity index (χ3v) is 5.77. The minimum absolute atomic E-state index is 0.0222. The first-order valence-corrected chi connectivity index (χ1v) is 10.2. The summed E-state index contributed by atoms with van der Waals surface area (Å²) in [4.78, 5) is 15.0. The number of carbonyl (C=O) groups excluding carboxylic acids is 1. The molecule has 5 nitrogen and oxygen atoms in total. The lowest BCUT2D eigenvalue weighted by Gasteiger charge is -2.32. The van der Waals surface area contributed by atoms with E-state index in [0.29, 0.717) is 11.6 Å². The zero-order chi connectivity index (χ0) is 20.2. The van der Waals surface area contributed by atoms with Crippen LogP contribution in [0.5, 0.6) is 0 Å². The molecule has 148 valence electrons. The smallest absolute Gasteiger partial charge is 0.229 e. The molecule has 1 saturated heterocycles. The standard InChI is InChI=1S/C23H23ClN4O/c1-16-19(24)10-5-11-20(16)25-23(29)18-9-6-14-28(15-18)22-13-12-21(26-27-22)17-7-3-2-4-8-17/h2-5,7-8,10-13,18H,6,9,14-15H2,1H3,(H,25,29). The Morgan fingerprint density at radius 3 is 2.66 bits per heavy atom. The minimum atomic E-state index is -0.0993. The number of rotatable bonds is 4. The lowest BCUT2D eigenvalue weighted by molar-refractivity contribution is -0.120. The fourth-order valence-corrected chi connectivity index (χ4v) is 3.81. The molecule has 3 aromatic rings. The Hall–Kier alpha value is -2.92. The highest BCUT2D eigenvalue weighted by Crippen LogP contribution is 2.26. The molecule has 1 atom stereocenters. The maximum absolute atomic E-state index is 12.8. The second kappa shape index (κ2) is 8.62. The number of carbonyl (C=O) groups is 1. The van der Waals surface area contributed by atoms with Crippen LogP contribution in [0.4, 0.5) is 11.5 Å². The fourth-order valence-electron chi connectivity index (χ4n) is 3.63. The summed E-state index contributed by atoms with van der Waals surface area (Å²) >= 11 is 6.17. The van der Waals surface area contributed by atoms with Crippen LogP contribution < -0.4 is 10.2 Å². The van der Waals surface area contributed by atoms with Gasteiger partial charge in [-0.2, -0.15) is 0 Å². The predicted molar refractivity (Wildman–Crippen MR) is 117 cm³/mol. The van der Waals surface area contributed by atoms with Crippen LogP contribution in [0.25, 0.3) is 11.3 Å². The van der Waals surface area contributed by atoms with Crippen molar-refractivity contribution in [2.75, 3.05) is 23.3 Å². The topological polar surface area (TPSA) is 58.1 Å². The van der Waals surface area contributed by atoms with E-state index in [1.165, 1.54) is 0 Å². The molecule has 1 aliphatic heterocycles. The van der Waals surface area contributed by atoms with Crippen LogP contribution in [-0.2, 0) is 4.79 Å². The van der Waals surface area contributed by atoms with E-state index in [2.05, 4.69) is 20.4 Å². The zero-order valence-corrected chi connectivity index (χ0v) is 17.1. The molecule has 1 amide bonds. The monoisotopic (exact) mass is 406 g/mol. The summed E-state index contributed by atoms with van der Waals surface area (Å²) in [5.74, 6) is 0.729. The Bertz CT molecular complexity index is 992. The Morgan fingerprint density at radius 1 is 1.07 bits per heavy atom. The maximum Gasteiger partial charge on any atom is 0.229 e. The molecule has 1 N–H and O–H groups in total. The third kappa shape index (κ3) is 4.40. The van der Waals surface area contributed by atoms with Crippen LogP contribution in [0.2, 0.25) is 5.02 Å². The van der Waals surface area contributed by atoms with Crippen molar-refractivity contribution < 1.29 is 4.79 Å². The number of amides is 1. The molecule has 1 aromatic heterocycles. The van der Waals surface area contributed by atoms with E-state index < -0.39 is 0 Å². The van der Waals surface area contributed by atoms with Crippen molar-refractivity contribution in [2.45, 2.75) is 19.8 Å². The van der Waals surface area contributed by atoms with Gasteiger partial charge in [0.05, 0.1) is 11.6 Å². The van der Waals surface area contributed by atoms with Gasteiger partial charge in [-0.05, 0) is 49.6 Å². The summed E-state index contributed by atoms with van der Waals surface area (Å²) in [5, 5.41) is 12.5. The van der Waals surface area contributed by atoms with Crippen molar-refractivity contribution in [1.82, 2.24) is 10.2 Å². The molecular weight excluding hydrogens is 384 g/mol. The number of halogens is 1. The molecule has 4 rings (SSSR count). The number of hydrogen-bond acceptors (Lipinski definition) is 4. The SMILES string of the molecule is Cc1c(Cl)cccc1NC(=O)C1CCCN(c2ccc(-c3ccccc3)nn2)C1. The molecule has 6 heteroatoms. The van der Waals surface area contributed by atoms with Crippen LogP contribution in [0, 0.1) is 12.8 Å². The van der Waals surface area contributed by atoms with Crippen LogP contribution in [0.1, 0.15) is 18.4 Å². The molecule has 2 aromatic carbocycles. The van der Waals surface area contributed by atoms with E-state index in [1.54, 1.807) is 0 Å². The van der Waals surface area contributed by atoms with Gasteiger partial charge in [0.25, 0.3) is 0 Å². The van der Waals surface area contributed by atoms with Crippen molar-refractivity contribution >= 4 is 29.0 Å². The summed E-state index contributed by atoms with van der Waals surface area (Å²) in [5.41, 5.74) is 3.54. The molecule has 1 fully saturated rings. The van der Waals surface area contributed by atoms with Gasteiger partial charge in [-0.15, -0.1) is 10.2 Å². The summed E-state index contributed by atoms with van der Waals surface area (Å²) < 4.78 is 0. The molecule has 29 heavy (non-hydrogen) atoms. The van der Waals surface area contributed by atoms with Gasteiger partial charge >= 0.3 is 0 Å². The lowest BCUT2D eigenvalue weighted by atomic mass is 9.97. The molecule has 0 bridgehead atoms. The van der Waals surface area contributed by atoms with Crippen molar-refractivity contribution in [3.8, 4) is 11.3 Å². The van der Waals surface area contributed by atoms with Crippen LogP contribution in [-0.4, -0.2) is 29.2 Å². The molecule has 0 saturated carbocycles. The van der Waals surface area contributed by atoms with E-state index in [4.69, 9.17) is 11.6 Å². The van der Waals surface area contributed by atoms with Crippen LogP contribution >= 0.6 is 11.6 Å². The van der Waals surface area contributed by atoms with Crippen molar-refractivity contribution in [3.05, 3.63) is 71.2 Å². The molecule has 0 aliphatic carbocycles. The second-order valence-corrected chi connectivity index (χ2v) is 7.74. The highest BCUT2D eigenvalue weighted by Gasteiger charge is 2.27. The minimum Gasteiger partial charge on any atom is -0.354 e. The summed E-state index contributed by atoms with van der Waals surface area (Å²) in [6.45, 7) is 3.42. The zero-order valence-electron chi connectivity index (χ0n) is 16.3. The van der Waals surface area contributed by atoms with E-state index in [1.807, 2.05) is 67.6 Å². The second-order valence-electron chi connectivity index (χ2n) is 7.33. The van der Waals surface area contributed by atoms with Gasteiger partial charge in [0, 0.05) is 29.4 Å². The normalized spacial score (nSPS) is 16.5. The molecule has 2 heterocycles. The molecule has 0 radical (unpaired) electrons. The van der Waals surface area contributed by atoms with Crippen molar-refractivity contribution in [2.24, 2.45) is 5.92 Å². The Labute approximate surface area is 175 Å². The van der Waals surface area contributed by atoms with Gasteiger partial charge in [0.1, 0.15) is 0 Å². The summed E-state index contributed by atoms with van der Waals surface area (Å²) in [6.07, 6.45) is 1.80. The largest absolute Gasteiger partial charge is 0.354 e. The number of benzene rings is 2. The van der Waals surface area contributed by atoms with E-state index in [0.717, 1.165) is 47.7 Å². The van der Waals surface area contributed by atoms with Crippen LogP contribution in [0.3, 0.4) is 0 Å². The Morgan fingerprint density at radius 2 is 1.90 bits per heavy atom. The van der Waals surface area contributed by atoms with Gasteiger partial charge in [0.15, 0.2) is 5.82 Å². The number of piperidine rings is 1. The third-order valence-electron chi connectivity index (χ3n) is 5.36. The number of aromatic nitrogens is 2. The molecular formula is C23H23ClN4O. The Balaban J connectivity index is 1.44. The summed E-state index contributed by atoms with van der Waals surface area (Å²) in [6, 6.07) is 19.5. The molecule has 0 spiro atoms. The van der Waals surface area contributed by atoms with Gasteiger partial charge in [-0.3, -0.25) is 4.79 Å². The number of anilines is 2. The predicted octanol–water partition coefficient (Wildman–Crippen LogP) is 4.96. The van der Waals surface area contributed by atoms with E-state index in [9.17, 15) is 4.79 Å². The summed E-state index contributed by atoms with van der Waals surface area (Å²) in [7, 11) is 0. The first kappa shape index (κ1) is 19.4. The maximum atomic E-state index is 12.8. The highest BCUT2D eigenvalue weighted by atomic mass is 35.5. The van der Waals surface area contributed by atoms with E-state index in [-0.39, 0.29) is 11.8 Å². The average molecular weight is 407 g/mol. The van der Waals surface area contributed by atoms with Gasteiger partial charge < -0.3 is 10.2 Å². The quantitative estimate of drug-likeness (QED) is 0.665. The van der Waals surface area contributed by atoms with E-state index >= 15 is 0 Å².